The van der Waals surface area contributed by atoms with E-state index in [0.29, 0.717) is 17.4 Å². The van der Waals surface area contributed by atoms with Crippen LogP contribution >= 0.6 is 7.82 Å². The normalized spacial score (nSPS) is 14.1. The molecule has 0 aromatic heterocycles. The molecule has 0 rings (SSSR count). The largest absolute Gasteiger partial charge is 0.756 e. The van der Waals surface area contributed by atoms with Crippen LogP contribution in [-0.2, 0) is 18.4 Å². The quantitative estimate of drug-likeness (QED) is 0.0272. The number of carbonyl (C=O) groups is 1. The number of rotatable bonds is 55. The van der Waals surface area contributed by atoms with Crippen molar-refractivity contribution in [1.29, 1.82) is 0 Å². The van der Waals surface area contributed by atoms with Crippen molar-refractivity contribution in [3.05, 3.63) is 36.5 Å². The van der Waals surface area contributed by atoms with Crippen LogP contribution in [0.4, 0.5) is 0 Å². The van der Waals surface area contributed by atoms with Gasteiger partial charge in [-0.25, -0.2) is 0 Å². The topological polar surface area (TPSA) is 108 Å². The number of aliphatic hydroxyl groups excluding tert-OH is 1. The molecular formula is C60H117N2O6P. The zero-order valence-electron chi connectivity index (χ0n) is 46.5. The third-order valence-corrected chi connectivity index (χ3v) is 14.5. The Morgan fingerprint density at radius 1 is 0.493 bits per heavy atom. The lowest BCUT2D eigenvalue weighted by Gasteiger charge is -2.29. The lowest BCUT2D eigenvalue weighted by Crippen LogP contribution is -2.45. The van der Waals surface area contributed by atoms with E-state index in [1.165, 1.54) is 231 Å². The van der Waals surface area contributed by atoms with Crippen molar-refractivity contribution >= 4 is 13.7 Å². The summed E-state index contributed by atoms with van der Waals surface area (Å²) < 4.78 is 23.3. The molecule has 0 spiro atoms. The molecule has 0 saturated carbocycles. The first kappa shape index (κ1) is 67.7. The van der Waals surface area contributed by atoms with Crippen molar-refractivity contribution in [2.75, 3.05) is 40.9 Å². The van der Waals surface area contributed by atoms with Gasteiger partial charge < -0.3 is 28.8 Å². The van der Waals surface area contributed by atoms with E-state index in [1.807, 2.05) is 27.2 Å². The van der Waals surface area contributed by atoms with Gasteiger partial charge in [-0.05, 0) is 57.8 Å². The lowest BCUT2D eigenvalue weighted by molar-refractivity contribution is -0.870. The van der Waals surface area contributed by atoms with Crippen molar-refractivity contribution in [3.8, 4) is 0 Å². The third kappa shape index (κ3) is 54.3. The molecule has 69 heavy (non-hydrogen) atoms. The number of quaternary nitrogens is 1. The van der Waals surface area contributed by atoms with Crippen LogP contribution in [-0.4, -0.2) is 68.5 Å². The summed E-state index contributed by atoms with van der Waals surface area (Å²) in [7, 11) is 1.25. The summed E-state index contributed by atoms with van der Waals surface area (Å²) in [5, 5.41) is 13.9. The maximum absolute atomic E-state index is 13.0. The number of phosphoric acid groups is 1. The smallest absolute Gasteiger partial charge is 0.268 e. The number of amides is 1. The first-order valence-corrected chi connectivity index (χ1v) is 31.3. The van der Waals surface area contributed by atoms with Gasteiger partial charge in [-0.1, -0.05) is 262 Å². The number of hydrogen-bond donors (Lipinski definition) is 2. The highest BCUT2D eigenvalue weighted by atomic mass is 31.2. The second kappa shape index (κ2) is 51.6. The molecule has 3 unspecified atom stereocenters. The van der Waals surface area contributed by atoms with Crippen molar-refractivity contribution in [2.24, 2.45) is 0 Å². The van der Waals surface area contributed by atoms with E-state index >= 15 is 0 Å². The number of nitrogens with one attached hydrogen (secondary N) is 1. The predicted octanol–water partition coefficient (Wildman–Crippen LogP) is 17.5. The maximum atomic E-state index is 13.0. The van der Waals surface area contributed by atoms with Gasteiger partial charge in [0.25, 0.3) is 7.82 Å². The fourth-order valence-corrected chi connectivity index (χ4v) is 9.60. The van der Waals surface area contributed by atoms with E-state index in [2.05, 4.69) is 43.5 Å². The third-order valence-electron chi connectivity index (χ3n) is 13.6. The average Bonchev–Trinajstić information content (AvgIpc) is 3.31. The Morgan fingerprint density at radius 3 is 1.17 bits per heavy atom. The summed E-state index contributed by atoms with van der Waals surface area (Å²) >= 11 is 0. The first-order valence-electron chi connectivity index (χ1n) is 29.9. The van der Waals surface area contributed by atoms with Gasteiger partial charge in [-0.2, -0.15) is 0 Å². The summed E-state index contributed by atoms with van der Waals surface area (Å²) in [4.78, 5) is 25.5. The molecule has 9 heteroatoms. The summed E-state index contributed by atoms with van der Waals surface area (Å²) in [5.74, 6) is -0.203. The lowest BCUT2D eigenvalue weighted by atomic mass is 10.0. The van der Waals surface area contributed by atoms with E-state index in [9.17, 15) is 19.4 Å². The zero-order chi connectivity index (χ0) is 50.6. The molecule has 8 nitrogen and oxygen atoms in total. The summed E-state index contributed by atoms with van der Waals surface area (Å²) in [6.07, 6.45) is 66.7. The minimum Gasteiger partial charge on any atom is -0.756 e. The second-order valence-electron chi connectivity index (χ2n) is 21.7. The Hall–Kier alpha value is -1.28. The highest BCUT2D eigenvalue weighted by Gasteiger charge is 2.23. The Balaban J connectivity index is 4.08. The molecule has 0 heterocycles. The van der Waals surface area contributed by atoms with Crippen molar-refractivity contribution in [1.82, 2.24) is 5.32 Å². The van der Waals surface area contributed by atoms with Crippen LogP contribution < -0.4 is 10.2 Å². The minimum absolute atomic E-state index is 0.00487. The number of unbranched alkanes of at least 4 members (excludes halogenated alkanes) is 38. The van der Waals surface area contributed by atoms with E-state index in [4.69, 9.17) is 9.05 Å². The monoisotopic (exact) mass is 993 g/mol. The van der Waals surface area contributed by atoms with E-state index < -0.39 is 20.0 Å². The van der Waals surface area contributed by atoms with E-state index in [0.717, 1.165) is 38.5 Å². The molecule has 0 bridgehead atoms. The predicted molar refractivity (Wildman–Crippen MR) is 298 cm³/mol. The Kier molecular flexibility index (Phi) is 50.7. The van der Waals surface area contributed by atoms with Gasteiger partial charge in [-0.3, -0.25) is 9.36 Å². The molecule has 0 aliphatic carbocycles. The molecule has 0 aromatic rings. The van der Waals surface area contributed by atoms with Gasteiger partial charge in [0.2, 0.25) is 5.91 Å². The van der Waals surface area contributed by atoms with Gasteiger partial charge in [0, 0.05) is 6.42 Å². The van der Waals surface area contributed by atoms with Crippen LogP contribution in [0, 0.1) is 0 Å². The number of nitrogens with zero attached hydrogens (tertiary/aromatic N) is 1. The Bertz CT molecular complexity index is 1220. The summed E-state index contributed by atoms with van der Waals surface area (Å²) in [6.45, 7) is 4.66. The molecule has 0 aliphatic rings. The number of hydrogen-bond acceptors (Lipinski definition) is 6. The van der Waals surface area contributed by atoms with Gasteiger partial charge >= 0.3 is 0 Å². The number of allylic oxidation sites excluding steroid dienone is 5. The number of phosphoric ester groups is 1. The highest BCUT2D eigenvalue weighted by Crippen LogP contribution is 2.38. The molecule has 3 atom stereocenters. The number of carbonyl (C=O) groups excluding carboxylic acids is 1. The molecule has 2 N–H and O–H groups in total. The fourth-order valence-electron chi connectivity index (χ4n) is 8.87. The van der Waals surface area contributed by atoms with Gasteiger partial charge in [0.05, 0.1) is 39.9 Å². The van der Waals surface area contributed by atoms with Crippen molar-refractivity contribution < 1.29 is 32.9 Å². The van der Waals surface area contributed by atoms with Crippen molar-refractivity contribution in [2.45, 2.75) is 302 Å². The molecule has 0 aliphatic heterocycles. The molecule has 408 valence electrons. The molecular weight excluding hydrogens is 876 g/mol. The standard InChI is InChI=1S/C60H117N2O6P/c1-6-8-10-12-14-16-18-20-22-24-25-26-27-28-29-30-31-32-33-34-35-36-37-38-40-42-44-46-48-50-52-54-60(64)61-58(57-68-69(65,66)67-56-55-62(3,4)5)59(63)53-51-49-47-45-43-41-39-23-21-19-17-15-13-11-9-7-2/h24-25,43,45,51,53,58-59,63H,6-23,26-42,44,46-50,52,54-57H2,1-5H3,(H-,61,64,65,66)/b25-24-,45-43+,53-51+. The second-order valence-corrected chi connectivity index (χ2v) is 23.1. The average molecular weight is 994 g/mol. The number of likely N-dealkylation sites (N-methyl/N-ethyl adjacent to an activating group) is 1. The SMILES string of the molecule is CCCCCCCCCC/C=C\CCCCCCCCCCCCCCCCCCCCCC(=O)NC(COP(=O)([O-])OCC[N+](C)(C)C)C(O)/C=C/CC/C=C/CCCCCCCCCCCC. The van der Waals surface area contributed by atoms with E-state index in [-0.39, 0.29) is 19.1 Å². The van der Waals surface area contributed by atoms with Crippen LogP contribution in [0.3, 0.4) is 0 Å². The fraction of sp³-hybridized carbons (Fsp3) is 0.883. The van der Waals surface area contributed by atoms with Crippen LogP contribution in [0.25, 0.3) is 0 Å². The summed E-state index contributed by atoms with van der Waals surface area (Å²) in [6, 6.07) is -0.901. The van der Waals surface area contributed by atoms with Gasteiger partial charge in [0.1, 0.15) is 13.2 Å². The molecule has 1 amide bonds. The molecule has 0 aromatic carbocycles. The zero-order valence-corrected chi connectivity index (χ0v) is 47.4. The maximum Gasteiger partial charge on any atom is 0.268 e. The Labute approximate surface area is 429 Å². The molecule has 0 radical (unpaired) electrons. The van der Waals surface area contributed by atoms with Crippen molar-refractivity contribution in [3.63, 3.8) is 0 Å². The van der Waals surface area contributed by atoms with Crippen LogP contribution in [0.5, 0.6) is 0 Å². The van der Waals surface area contributed by atoms with Gasteiger partial charge in [-0.15, -0.1) is 0 Å². The number of aliphatic hydroxyl groups is 1. The Morgan fingerprint density at radius 2 is 0.812 bits per heavy atom. The molecule has 0 fully saturated rings. The highest BCUT2D eigenvalue weighted by molar-refractivity contribution is 7.45. The van der Waals surface area contributed by atoms with Gasteiger partial charge in [0.15, 0.2) is 0 Å². The van der Waals surface area contributed by atoms with E-state index in [1.54, 1.807) is 6.08 Å². The van der Waals surface area contributed by atoms with Crippen LogP contribution in [0.15, 0.2) is 36.5 Å². The first-order chi connectivity index (χ1) is 33.5. The van der Waals surface area contributed by atoms with Crippen LogP contribution in [0.2, 0.25) is 0 Å². The molecule has 0 saturated heterocycles. The van der Waals surface area contributed by atoms with Crippen LogP contribution in [0.1, 0.15) is 290 Å². The minimum atomic E-state index is -4.60. The summed E-state index contributed by atoms with van der Waals surface area (Å²) in [5.41, 5.74) is 0.